The zero-order valence-electron chi connectivity index (χ0n) is 23.4. The largest absolute Gasteiger partial charge is 0.480 e. The molecule has 0 bridgehead atoms. The van der Waals surface area contributed by atoms with Crippen LogP contribution in [0.15, 0.2) is 65.8 Å². The van der Waals surface area contributed by atoms with Gasteiger partial charge < -0.3 is 15.7 Å². The first-order chi connectivity index (χ1) is 19.5. The number of nitrogens with one attached hydrogen (secondary N) is 3. The number of sulfonamides is 1. The van der Waals surface area contributed by atoms with E-state index in [-0.39, 0.29) is 10.9 Å². The summed E-state index contributed by atoms with van der Waals surface area (Å²) in [7, 11) is -4.15. The summed E-state index contributed by atoms with van der Waals surface area (Å²) in [6.07, 6.45) is 4.20. The van der Waals surface area contributed by atoms with Crippen LogP contribution in [-0.2, 0) is 14.8 Å². The first-order valence-corrected chi connectivity index (χ1v) is 14.7. The Balaban J connectivity index is 1.40. The van der Waals surface area contributed by atoms with Crippen molar-refractivity contribution in [2.75, 3.05) is 18.4 Å². The SMILES string of the molecule is Cc1cc(C)c(S(=O)(=O)NC(CNC(=O)c2ccc3c(cnn3C(C)CCNc3ccccn3)c2)C(=O)O)c(C)c1. The number of hydrogen-bond acceptors (Lipinski definition) is 7. The number of benzene rings is 2. The lowest BCUT2D eigenvalue weighted by Gasteiger charge is -2.18. The Morgan fingerprint density at radius 2 is 1.78 bits per heavy atom. The van der Waals surface area contributed by atoms with E-state index < -0.39 is 34.5 Å². The molecule has 2 unspecified atom stereocenters. The van der Waals surface area contributed by atoms with Crippen LogP contribution in [0.2, 0.25) is 0 Å². The van der Waals surface area contributed by atoms with Crippen molar-refractivity contribution in [2.45, 2.75) is 51.1 Å². The monoisotopic (exact) mass is 578 g/mol. The number of amides is 1. The molecule has 2 atom stereocenters. The summed E-state index contributed by atoms with van der Waals surface area (Å²) in [5, 5.41) is 20.7. The van der Waals surface area contributed by atoms with Gasteiger partial charge in [0.25, 0.3) is 5.91 Å². The summed E-state index contributed by atoms with van der Waals surface area (Å²) in [6.45, 7) is 7.49. The number of carbonyl (C=O) groups is 2. The van der Waals surface area contributed by atoms with Crippen LogP contribution in [0.1, 0.15) is 46.4 Å². The third-order valence-corrected chi connectivity index (χ3v) is 8.52. The van der Waals surface area contributed by atoms with E-state index >= 15 is 0 Å². The molecular formula is C29H34N6O5S. The van der Waals surface area contributed by atoms with Crippen LogP contribution < -0.4 is 15.4 Å². The topological polar surface area (TPSA) is 155 Å². The summed E-state index contributed by atoms with van der Waals surface area (Å²) >= 11 is 0. The summed E-state index contributed by atoms with van der Waals surface area (Å²) < 4.78 is 30.2. The number of aromatic nitrogens is 3. The van der Waals surface area contributed by atoms with Gasteiger partial charge in [-0.15, -0.1) is 0 Å². The summed E-state index contributed by atoms with van der Waals surface area (Å²) in [5.74, 6) is -1.13. The molecule has 4 rings (SSSR count). The van der Waals surface area contributed by atoms with E-state index in [1.807, 2.05) is 29.8 Å². The number of carboxylic acid groups (broad SMARTS) is 1. The number of fused-ring (bicyclic) bond motifs is 1. The second kappa shape index (κ2) is 12.5. The van der Waals surface area contributed by atoms with Crippen LogP contribution >= 0.6 is 0 Å². The molecule has 11 nitrogen and oxygen atoms in total. The number of rotatable bonds is 12. The number of nitrogens with zero attached hydrogens (tertiary/aromatic N) is 3. The van der Waals surface area contributed by atoms with Crippen LogP contribution in [-0.4, -0.2) is 59.3 Å². The zero-order chi connectivity index (χ0) is 29.7. The second-order valence-corrected chi connectivity index (χ2v) is 11.7. The van der Waals surface area contributed by atoms with Crippen molar-refractivity contribution in [3.05, 3.63) is 83.2 Å². The molecule has 2 aromatic carbocycles. The fraction of sp³-hybridized carbons (Fsp3) is 0.310. The molecule has 0 saturated heterocycles. The fourth-order valence-electron chi connectivity index (χ4n) is 4.86. The van der Waals surface area contributed by atoms with E-state index in [9.17, 15) is 23.1 Å². The lowest BCUT2D eigenvalue weighted by molar-refractivity contribution is -0.138. The van der Waals surface area contributed by atoms with E-state index in [2.05, 4.69) is 32.4 Å². The Kier molecular flexibility index (Phi) is 9.04. The molecular weight excluding hydrogens is 544 g/mol. The Morgan fingerprint density at radius 3 is 2.44 bits per heavy atom. The van der Waals surface area contributed by atoms with Crippen molar-refractivity contribution in [3.8, 4) is 0 Å². The number of anilines is 1. The van der Waals surface area contributed by atoms with E-state index in [0.717, 1.165) is 28.7 Å². The van der Waals surface area contributed by atoms with Crippen LogP contribution in [0.5, 0.6) is 0 Å². The molecule has 0 saturated carbocycles. The molecule has 0 aliphatic carbocycles. The van der Waals surface area contributed by atoms with E-state index in [1.165, 1.54) is 0 Å². The Bertz CT molecular complexity index is 1650. The van der Waals surface area contributed by atoms with Gasteiger partial charge in [0.2, 0.25) is 10.0 Å². The minimum Gasteiger partial charge on any atom is -0.480 e. The molecule has 0 fully saturated rings. The van der Waals surface area contributed by atoms with Crippen molar-refractivity contribution in [1.29, 1.82) is 0 Å². The van der Waals surface area contributed by atoms with Gasteiger partial charge in [0.15, 0.2) is 0 Å². The van der Waals surface area contributed by atoms with Gasteiger partial charge >= 0.3 is 5.97 Å². The molecule has 12 heteroatoms. The lowest BCUT2D eigenvalue weighted by Crippen LogP contribution is -2.48. The number of aliphatic carboxylic acids is 1. The maximum atomic E-state index is 13.1. The predicted molar refractivity (Wildman–Crippen MR) is 157 cm³/mol. The predicted octanol–water partition coefficient (Wildman–Crippen LogP) is 3.58. The van der Waals surface area contributed by atoms with Crippen LogP contribution in [0.25, 0.3) is 10.9 Å². The van der Waals surface area contributed by atoms with Crippen molar-refractivity contribution in [3.63, 3.8) is 0 Å². The highest BCUT2D eigenvalue weighted by Crippen LogP contribution is 2.23. The van der Waals surface area contributed by atoms with Crippen molar-refractivity contribution < 1.29 is 23.1 Å². The molecule has 4 N–H and O–H groups in total. The molecule has 2 aromatic heterocycles. The number of pyridine rings is 1. The van der Waals surface area contributed by atoms with Gasteiger partial charge in [-0.3, -0.25) is 14.3 Å². The Hall–Kier alpha value is -4.29. The molecule has 0 aliphatic heterocycles. The number of carboxylic acids is 1. The van der Waals surface area contributed by atoms with Crippen molar-refractivity contribution in [1.82, 2.24) is 24.8 Å². The molecule has 2 heterocycles. The fourth-order valence-corrected chi connectivity index (χ4v) is 6.50. The first-order valence-electron chi connectivity index (χ1n) is 13.2. The molecule has 0 radical (unpaired) electrons. The van der Waals surface area contributed by atoms with Gasteiger partial charge in [0, 0.05) is 30.2 Å². The van der Waals surface area contributed by atoms with E-state index in [4.69, 9.17) is 0 Å². The second-order valence-electron chi connectivity index (χ2n) is 10.1. The molecule has 1 amide bonds. The van der Waals surface area contributed by atoms with Crippen molar-refractivity contribution in [2.24, 2.45) is 0 Å². The summed E-state index contributed by atoms with van der Waals surface area (Å²) in [4.78, 5) is 29.1. The Morgan fingerprint density at radius 1 is 1.05 bits per heavy atom. The zero-order valence-corrected chi connectivity index (χ0v) is 24.2. The molecule has 216 valence electrons. The standard InChI is InChI=1S/C29H34N6O5S/c1-18-13-19(2)27(20(3)14-18)41(39,40)34-24(29(37)38)17-32-28(36)22-8-9-25-23(15-22)16-33-35(25)21(4)10-12-31-26-7-5-6-11-30-26/h5-9,11,13-16,21,24,34H,10,12,17H2,1-4H3,(H,30,31)(H,32,36)(H,37,38). The number of aryl methyl sites for hydroxylation is 3. The van der Waals surface area contributed by atoms with Gasteiger partial charge in [0.05, 0.1) is 22.7 Å². The maximum Gasteiger partial charge on any atom is 0.323 e. The quantitative estimate of drug-likeness (QED) is 0.199. The average Bonchev–Trinajstić information content (AvgIpc) is 3.34. The minimum absolute atomic E-state index is 0.0323. The first kappa shape index (κ1) is 29.7. The van der Waals surface area contributed by atoms with Gasteiger partial charge in [0.1, 0.15) is 11.9 Å². The molecule has 4 aromatic rings. The van der Waals surface area contributed by atoms with Crippen LogP contribution in [0, 0.1) is 20.8 Å². The smallest absolute Gasteiger partial charge is 0.323 e. The van der Waals surface area contributed by atoms with Gasteiger partial charge in [-0.25, -0.2) is 13.4 Å². The van der Waals surface area contributed by atoms with Gasteiger partial charge in [-0.1, -0.05) is 23.8 Å². The van der Waals surface area contributed by atoms with Crippen LogP contribution in [0.4, 0.5) is 5.82 Å². The third kappa shape index (κ3) is 7.08. The highest BCUT2D eigenvalue weighted by molar-refractivity contribution is 7.89. The van der Waals surface area contributed by atoms with E-state index in [1.54, 1.807) is 56.6 Å². The Labute approximate surface area is 239 Å². The maximum absolute atomic E-state index is 13.1. The number of hydrogen-bond donors (Lipinski definition) is 4. The van der Waals surface area contributed by atoms with Gasteiger partial charge in [-0.2, -0.15) is 9.82 Å². The summed E-state index contributed by atoms with van der Waals surface area (Å²) in [5.41, 5.74) is 3.08. The van der Waals surface area contributed by atoms with E-state index in [0.29, 0.717) is 23.2 Å². The minimum atomic E-state index is -4.15. The molecule has 0 aliphatic rings. The normalized spacial score (nSPS) is 13.1. The van der Waals surface area contributed by atoms with Crippen molar-refractivity contribution >= 4 is 38.6 Å². The van der Waals surface area contributed by atoms with Gasteiger partial charge in [-0.05, 0) is 75.6 Å². The number of carbonyl (C=O) groups excluding carboxylic acids is 1. The molecule has 0 spiro atoms. The average molecular weight is 579 g/mol. The third-order valence-electron chi connectivity index (χ3n) is 6.74. The lowest BCUT2D eigenvalue weighted by atomic mass is 10.1. The highest BCUT2D eigenvalue weighted by atomic mass is 32.2. The summed E-state index contributed by atoms with van der Waals surface area (Å²) in [6, 6.07) is 12.7. The van der Waals surface area contributed by atoms with Crippen LogP contribution in [0.3, 0.4) is 0 Å². The molecule has 41 heavy (non-hydrogen) atoms. The highest BCUT2D eigenvalue weighted by Gasteiger charge is 2.28.